The SMILES string of the molecule is O=S(=O)(OC1=CCN(c2ccncc2)C=C1)C(F)(F)F. The highest BCUT2D eigenvalue weighted by atomic mass is 32.2. The van der Waals surface area contributed by atoms with Gasteiger partial charge in [-0.2, -0.15) is 21.6 Å². The first-order valence-electron chi connectivity index (χ1n) is 5.35. The van der Waals surface area contributed by atoms with Gasteiger partial charge in [-0.1, -0.05) is 0 Å². The van der Waals surface area contributed by atoms with E-state index in [-0.39, 0.29) is 12.3 Å². The molecule has 0 saturated heterocycles. The van der Waals surface area contributed by atoms with Crippen LogP contribution in [0.3, 0.4) is 0 Å². The Morgan fingerprint density at radius 1 is 1.25 bits per heavy atom. The van der Waals surface area contributed by atoms with E-state index in [2.05, 4.69) is 9.17 Å². The summed E-state index contributed by atoms with van der Waals surface area (Å²) in [6.07, 6.45) is 6.94. The number of allylic oxidation sites excluding steroid dienone is 1. The highest BCUT2D eigenvalue weighted by molar-refractivity contribution is 7.87. The second-order valence-corrected chi connectivity index (χ2v) is 5.30. The number of halogens is 3. The molecule has 1 aliphatic heterocycles. The second-order valence-electron chi connectivity index (χ2n) is 3.76. The fourth-order valence-electron chi connectivity index (χ4n) is 1.44. The molecule has 0 fully saturated rings. The minimum absolute atomic E-state index is 0.184. The molecule has 9 heteroatoms. The molecule has 2 heterocycles. The van der Waals surface area contributed by atoms with Crippen molar-refractivity contribution in [2.75, 3.05) is 11.4 Å². The number of hydrogen-bond donors (Lipinski definition) is 0. The number of alkyl halides is 3. The molecule has 1 aromatic heterocycles. The number of nitrogens with zero attached hydrogens (tertiary/aromatic N) is 2. The molecule has 0 aromatic carbocycles. The zero-order valence-electron chi connectivity index (χ0n) is 9.91. The average Bonchev–Trinajstić information content (AvgIpc) is 2.39. The second kappa shape index (κ2) is 5.16. The quantitative estimate of drug-likeness (QED) is 0.632. The Balaban J connectivity index is 2.07. The zero-order valence-corrected chi connectivity index (χ0v) is 10.7. The van der Waals surface area contributed by atoms with Crippen LogP contribution < -0.4 is 4.90 Å². The predicted molar refractivity (Wildman–Crippen MR) is 64.9 cm³/mol. The topological polar surface area (TPSA) is 59.5 Å². The van der Waals surface area contributed by atoms with Crippen molar-refractivity contribution in [3.8, 4) is 0 Å². The molecule has 1 aliphatic rings. The van der Waals surface area contributed by atoms with Crippen LogP contribution in [0.15, 0.2) is 48.6 Å². The van der Waals surface area contributed by atoms with Crippen molar-refractivity contribution in [2.45, 2.75) is 5.51 Å². The summed E-state index contributed by atoms with van der Waals surface area (Å²) in [6, 6.07) is 3.41. The summed E-state index contributed by atoms with van der Waals surface area (Å²) in [4.78, 5) is 5.52. The number of hydrogen-bond acceptors (Lipinski definition) is 5. The van der Waals surface area contributed by atoms with Gasteiger partial charge >= 0.3 is 15.6 Å². The zero-order chi connectivity index (χ0) is 14.8. The van der Waals surface area contributed by atoms with Crippen LogP contribution in [0.4, 0.5) is 18.9 Å². The van der Waals surface area contributed by atoms with Gasteiger partial charge in [-0.05, 0) is 24.3 Å². The molecular formula is C11H9F3N2O3S. The van der Waals surface area contributed by atoms with Gasteiger partial charge in [0.25, 0.3) is 0 Å². The van der Waals surface area contributed by atoms with Crippen LogP contribution in [-0.4, -0.2) is 25.5 Å². The molecule has 0 amide bonds. The van der Waals surface area contributed by atoms with Gasteiger partial charge in [-0.3, -0.25) is 4.98 Å². The molecular weight excluding hydrogens is 297 g/mol. The Morgan fingerprint density at radius 3 is 2.40 bits per heavy atom. The molecule has 0 spiro atoms. The van der Waals surface area contributed by atoms with E-state index < -0.39 is 15.6 Å². The van der Waals surface area contributed by atoms with Gasteiger partial charge in [0, 0.05) is 30.8 Å². The molecule has 0 bridgehead atoms. The average molecular weight is 306 g/mol. The van der Waals surface area contributed by atoms with Gasteiger partial charge in [0.2, 0.25) is 0 Å². The van der Waals surface area contributed by atoms with E-state index in [0.29, 0.717) is 0 Å². The van der Waals surface area contributed by atoms with Crippen molar-refractivity contribution in [3.63, 3.8) is 0 Å². The largest absolute Gasteiger partial charge is 0.534 e. The van der Waals surface area contributed by atoms with E-state index in [1.165, 1.54) is 12.3 Å². The Kier molecular flexibility index (Phi) is 3.71. The molecule has 1 aromatic rings. The fourth-order valence-corrected chi connectivity index (χ4v) is 1.91. The van der Waals surface area contributed by atoms with Crippen LogP contribution in [0, 0.1) is 0 Å². The summed E-state index contributed by atoms with van der Waals surface area (Å²) in [5.41, 5.74) is -4.67. The van der Waals surface area contributed by atoms with Crippen molar-refractivity contribution in [2.24, 2.45) is 0 Å². The van der Waals surface area contributed by atoms with Crippen molar-refractivity contribution in [1.82, 2.24) is 4.98 Å². The van der Waals surface area contributed by atoms with E-state index in [1.807, 2.05) is 0 Å². The van der Waals surface area contributed by atoms with Crippen LogP contribution in [0.25, 0.3) is 0 Å². The standard InChI is InChI=1S/C11H9F3N2O3S/c12-11(13,14)20(17,18)19-10-3-7-16(8-4-10)9-1-5-15-6-2-9/h1-7H,8H2. The molecule has 0 N–H and O–H groups in total. The van der Waals surface area contributed by atoms with Gasteiger partial charge < -0.3 is 9.08 Å². The lowest BCUT2D eigenvalue weighted by molar-refractivity contribution is -0.0519. The van der Waals surface area contributed by atoms with Gasteiger partial charge in [0.15, 0.2) is 0 Å². The summed E-state index contributed by atoms with van der Waals surface area (Å²) < 4.78 is 62.1. The van der Waals surface area contributed by atoms with Crippen molar-refractivity contribution in [1.29, 1.82) is 0 Å². The molecule has 5 nitrogen and oxygen atoms in total. The lowest BCUT2D eigenvalue weighted by Crippen LogP contribution is -2.26. The van der Waals surface area contributed by atoms with Crippen molar-refractivity contribution in [3.05, 3.63) is 48.6 Å². The molecule has 0 unspecified atom stereocenters. The van der Waals surface area contributed by atoms with Crippen molar-refractivity contribution >= 4 is 15.8 Å². The Labute approximate surface area is 113 Å². The molecule has 0 atom stereocenters. The number of pyridine rings is 1. The summed E-state index contributed by atoms with van der Waals surface area (Å²) in [7, 11) is -5.63. The first kappa shape index (κ1) is 14.4. The Hall–Kier alpha value is -2.03. The first-order valence-corrected chi connectivity index (χ1v) is 6.76. The Morgan fingerprint density at radius 2 is 1.90 bits per heavy atom. The minimum Gasteiger partial charge on any atom is -0.376 e. The van der Waals surface area contributed by atoms with E-state index in [0.717, 1.165) is 11.8 Å². The minimum atomic E-state index is -5.63. The summed E-state index contributed by atoms with van der Waals surface area (Å²) >= 11 is 0. The maximum atomic E-state index is 12.1. The van der Waals surface area contributed by atoms with E-state index >= 15 is 0 Å². The van der Waals surface area contributed by atoms with Gasteiger partial charge in [0.05, 0.1) is 0 Å². The highest BCUT2D eigenvalue weighted by Gasteiger charge is 2.48. The third-order valence-electron chi connectivity index (χ3n) is 2.39. The lowest BCUT2D eigenvalue weighted by Gasteiger charge is -2.22. The number of aromatic nitrogens is 1. The molecule has 20 heavy (non-hydrogen) atoms. The van der Waals surface area contributed by atoms with Crippen LogP contribution in [-0.2, 0) is 14.3 Å². The van der Waals surface area contributed by atoms with Gasteiger partial charge in [0.1, 0.15) is 5.76 Å². The monoisotopic (exact) mass is 306 g/mol. The third-order valence-corrected chi connectivity index (χ3v) is 3.37. The highest BCUT2D eigenvalue weighted by Crippen LogP contribution is 2.28. The summed E-state index contributed by atoms with van der Waals surface area (Å²) in [5.74, 6) is -0.368. The van der Waals surface area contributed by atoms with Crippen LogP contribution in [0.5, 0.6) is 0 Å². The van der Waals surface area contributed by atoms with Crippen LogP contribution in [0.1, 0.15) is 0 Å². The smallest absolute Gasteiger partial charge is 0.376 e. The molecule has 2 rings (SSSR count). The molecule has 0 saturated carbocycles. The maximum Gasteiger partial charge on any atom is 0.534 e. The Bertz CT molecular complexity index is 639. The van der Waals surface area contributed by atoms with E-state index in [4.69, 9.17) is 0 Å². The lowest BCUT2D eigenvalue weighted by atomic mass is 10.3. The van der Waals surface area contributed by atoms with Crippen LogP contribution in [0.2, 0.25) is 0 Å². The number of rotatable bonds is 3. The maximum absolute atomic E-state index is 12.1. The number of anilines is 1. The van der Waals surface area contributed by atoms with Gasteiger partial charge in [-0.15, -0.1) is 0 Å². The summed E-state index contributed by atoms with van der Waals surface area (Å²) in [6.45, 7) is 0.184. The summed E-state index contributed by atoms with van der Waals surface area (Å²) in [5, 5.41) is 0. The normalized spacial score (nSPS) is 15.9. The van der Waals surface area contributed by atoms with Gasteiger partial charge in [-0.25, -0.2) is 0 Å². The third kappa shape index (κ3) is 3.10. The first-order chi connectivity index (χ1) is 9.29. The van der Waals surface area contributed by atoms with Crippen molar-refractivity contribution < 1.29 is 25.8 Å². The molecule has 108 valence electrons. The van der Waals surface area contributed by atoms with E-state index in [9.17, 15) is 21.6 Å². The molecule has 0 aliphatic carbocycles. The molecule has 0 radical (unpaired) electrons. The van der Waals surface area contributed by atoms with E-state index in [1.54, 1.807) is 29.4 Å². The predicted octanol–water partition coefficient (Wildman–Crippen LogP) is 2.17. The fraction of sp³-hybridized carbons (Fsp3) is 0.182. The van der Waals surface area contributed by atoms with Crippen LogP contribution >= 0.6 is 0 Å².